The van der Waals surface area contributed by atoms with Crippen molar-refractivity contribution >= 4 is 39.5 Å². The Morgan fingerprint density at radius 1 is 0.323 bits per heavy atom. The fraction of sp³-hybridized carbons (Fsp3) is 0.896. The first kappa shape index (κ1) is 93.5. The number of hydrogen-bond donors (Lipinski definition) is 3. The molecule has 0 aromatic carbocycles. The molecule has 96 heavy (non-hydrogen) atoms. The number of unbranched alkanes of at least 4 members (excludes halogenated alkanes) is 44. The highest BCUT2D eigenvalue weighted by Gasteiger charge is 2.30. The van der Waals surface area contributed by atoms with Crippen LogP contribution >= 0.6 is 15.6 Å². The normalized spacial score (nSPS) is 14.1. The van der Waals surface area contributed by atoms with Crippen LogP contribution in [0.15, 0.2) is 24.3 Å². The topological polar surface area (TPSA) is 237 Å². The van der Waals surface area contributed by atoms with Gasteiger partial charge in [0.2, 0.25) is 0 Å². The van der Waals surface area contributed by atoms with Gasteiger partial charge in [-0.25, -0.2) is 9.13 Å². The lowest BCUT2D eigenvalue weighted by atomic mass is 10.0. The van der Waals surface area contributed by atoms with Gasteiger partial charge < -0.3 is 33.8 Å². The summed E-state index contributed by atoms with van der Waals surface area (Å²) >= 11 is 0. The third-order valence-corrected chi connectivity index (χ3v) is 19.3. The van der Waals surface area contributed by atoms with Crippen molar-refractivity contribution in [3.63, 3.8) is 0 Å². The molecule has 0 rings (SSSR count). The summed E-state index contributed by atoms with van der Waals surface area (Å²) in [5.41, 5.74) is 0. The quantitative estimate of drug-likeness (QED) is 0.0169. The molecule has 0 heterocycles. The van der Waals surface area contributed by atoms with E-state index in [0.29, 0.717) is 25.7 Å². The van der Waals surface area contributed by atoms with Gasteiger partial charge in [0.1, 0.15) is 19.3 Å². The molecule has 0 saturated heterocycles. The first-order valence-electron chi connectivity index (χ1n) is 39.5. The van der Waals surface area contributed by atoms with E-state index in [1.165, 1.54) is 186 Å². The van der Waals surface area contributed by atoms with Crippen molar-refractivity contribution < 1.29 is 80.2 Å². The summed E-state index contributed by atoms with van der Waals surface area (Å²) in [5, 5.41) is 10.6. The number of ether oxygens (including phenoxy) is 4. The Balaban J connectivity index is 5.29. The van der Waals surface area contributed by atoms with E-state index in [9.17, 15) is 43.2 Å². The highest BCUT2D eigenvalue weighted by Crippen LogP contribution is 2.45. The van der Waals surface area contributed by atoms with Gasteiger partial charge >= 0.3 is 39.5 Å². The van der Waals surface area contributed by atoms with E-state index in [4.69, 9.17) is 37.0 Å². The standard InChI is InChI=1S/C77H146O17P2/c1-6-9-12-15-18-21-24-27-28-32-37-41-46-51-56-61-75(80)88-67-73(94-77(82)63-58-53-48-43-38-33-30-29-31-34-39-44-49-54-59-70(4)5)69-92-96(85,86)90-65-71(78)64-89-95(83,84)91-68-72(93-76(81)62-57-52-47-42-36-26-23-20-17-14-11-8-3)66-87-74(79)60-55-50-45-40-35-25-22-19-16-13-10-7-2/h21,24,27-28,70-73,78H,6-20,22-23,25-26,29-69H2,1-5H3,(H,83,84)(H,85,86)/b24-21-,28-27-/t71-,72+,73+/m0/s1. The number of hydrogen-bond acceptors (Lipinski definition) is 15. The Hall–Kier alpha value is -2.46. The minimum atomic E-state index is -4.96. The number of carbonyl (C=O) groups is 4. The predicted molar refractivity (Wildman–Crippen MR) is 391 cm³/mol. The fourth-order valence-electron chi connectivity index (χ4n) is 11.3. The molecule has 0 amide bonds. The van der Waals surface area contributed by atoms with Crippen molar-refractivity contribution in [2.45, 2.75) is 400 Å². The van der Waals surface area contributed by atoms with Crippen LogP contribution < -0.4 is 0 Å². The molecule has 2 unspecified atom stereocenters. The molecule has 3 N–H and O–H groups in total. The maximum atomic E-state index is 13.1. The zero-order chi connectivity index (χ0) is 70.5. The lowest BCUT2D eigenvalue weighted by Crippen LogP contribution is -2.30. The zero-order valence-electron chi connectivity index (χ0n) is 62.0. The van der Waals surface area contributed by atoms with E-state index in [1.807, 2.05) is 0 Å². The largest absolute Gasteiger partial charge is 0.472 e. The Morgan fingerprint density at radius 2 is 0.562 bits per heavy atom. The number of carbonyl (C=O) groups excluding carboxylic acids is 4. The van der Waals surface area contributed by atoms with Crippen LogP contribution in [0.25, 0.3) is 0 Å². The smallest absolute Gasteiger partial charge is 0.462 e. The molecular weight excluding hydrogens is 1260 g/mol. The van der Waals surface area contributed by atoms with Crippen LogP contribution in [0.1, 0.15) is 381 Å². The number of rotatable bonds is 75. The van der Waals surface area contributed by atoms with Crippen molar-refractivity contribution in [1.82, 2.24) is 0 Å². The van der Waals surface area contributed by atoms with Crippen LogP contribution in [0, 0.1) is 5.92 Å². The molecule has 0 bridgehead atoms. The second kappa shape index (κ2) is 69.6. The Kier molecular flexibility index (Phi) is 67.8. The monoisotopic (exact) mass is 1410 g/mol. The summed E-state index contributed by atoms with van der Waals surface area (Å²) in [6.45, 7) is 7.26. The zero-order valence-corrected chi connectivity index (χ0v) is 63.8. The second-order valence-electron chi connectivity index (χ2n) is 27.5. The van der Waals surface area contributed by atoms with Gasteiger partial charge in [-0.3, -0.25) is 37.3 Å². The average molecular weight is 1410 g/mol. The minimum absolute atomic E-state index is 0.101. The lowest BCUT2D eigenvalue weighted by Gasteiger charge is -2.21. The van der Waals surface area contributed by atoms with Crippen LogP contribution in [-0.4, -0.2) is 96.7 Å². The highest BCUT2D eigenvalue weighted by atomic mass is 31.2. The van der Waals surface area contributed by atoms with Gasteiger partial charge in [-0.1, -0.05) is 329 Å². The number of phosphoric ester groups is 2. The molecule has 0 saturated carbocycles. The number of phosphoric acid groups is 2. The molecule has 0 aliphatic rings. The fourth-order valence-corrected chi connectivity index (χ4v) is 12.9. The molecule has 0 aromatic heterocycles. The van der Waals surface area contributed by atoms with Crippen LogP contribution in [-0.2, 0) is 65.4 Å². The molecule has 19 heteroatoms. The molecule has 0 aromatic rings. The van der Waals surface area contributed by atoms with Gasteiger partial charge in [-0.15, -0.1) is 0 Å². The molecule has 0 spiro atoms. The predicted octanol–water partition coefficient (Wildman–Crippen LogP) is 22.4. The Labute approximate surface area is 586 Å². The van der Waals surface area contributed by atoms with Crippen LogP contribution in [0.4, 0.5) is 0 Å². The summed E-state index contributed by atoms with van der Waals surface area (Å²) < 4.78 is 68.5. The van der Waals surface area contributed by atoms with E-state index >= 15 is 0 Å². The number of esters is 4. The van der Waals surface area contributed by atoms with Gasteiger partial charge in [0.15, 0.2) is 12.2 Å². The van der Waals surface area contributed by atoms with Gasteiger partial charge in [-0.2, -0.15) is 0 Å². The van der Waals surface area contributed by atoms with Crippen molar-refractivity contribution in [2.24, 2.45) is 5.92 Å². The summed E-state index contributed by atoms with van der Waals surface area (Å²) in [6.07, 6.45) is 61.6. The van der Waals surface area contributed by atoms with Crippen molar-refractivity contribution in [3.8, 4) is 0 Å². The molecular formula is C77H146O17P2. The Bertz CT molecular complexity index is 1930. The summed E-state index contributed by atoms with van der Waals surface area (Å²) in [6, 6.07) is 0. The first-order chi connectivity index (χ1) is 46.5. The molecule has 0 fully saturated rings. The molecule has 0 aliphatic heterocycles. The number of aliphatic hydroxyl groups is 1. The van der Waals surface area contributed by atoms with E-state index in [-0.39, 0.29) is 25.7 Å². The van der Waals surface area contributed by atoms with Gasteiger partial charge in [0.05, 0.1) is 26.4 Å². The number of allylic oxidation sites excluding steroid dienone is 4. The van der Waals surface area contributed by atoms with Gasteiger partial charge in [0.25, 0.3) is 0 Å². The summed E-state index contributed by atoms with van der Waals surface area (Å²) in [7, 11) is -9.92. The van der Waals surface area contributed by atoms with Gasteiger partial charge in [-0.05, 0) is 57.3 Å². The third-order valence-electron chi connectivity index (χ3n) is 17.4. The number of aliphatic hydroxyl groups excluding tert-OH is 1. The molecule has 0 aliphatic carbocycles. The van der Waals surface area contributed by atoms with Crippen molar-refractivity contribution in [3.05, 3.63) is 24.3 Å². The average Bonchev–Trinajstić information content (AvgIpc) is 1.46. The molecule has 0 radical (unpaired) electrons. The maximum absolute atomic E-state index is 13.1. The summed E-state index contributed by atoms with van der Waals surface area (Å²) in [4.78, 5) is 72.8. The van der Waals surface area contributed by atoms with Crippen LogP contribution in [0.3, 0.4) is 0 Å². The Morgan fingerprint density at radius 3 is 0.854 bits per heavy atom. The first-order valence-corrected chi connectivity index (χ1v) is 42.4. The van der Waals surface area contributed by atoms with Crippen LogP contribution in [0.5, 0.6) is 0 Å². The molecule has 17 nitrogen and oxygen atoms in total. The SMILES string of the molecule is CCCCCC/C=C\C=C/CCCCCCCC(=O)OC[C@H](COP(=O)(O)OC[C@@H](O)COP(=O)(O)OC[C@@H](COC(=O)CCCCCCCCCCCCCC)OC(=O)CCCCCCCCCCCCCC)OC(=O)CCCCCCCCCCCCCCCCC(C)C. The van der Waals surface area contributed by atoms with E-state index in [2.05, 4.69) is 58.9 Å². The van der Waals surface area contributed by atoms with E-state index < -0.39 is 97.5 Å². The highest BCUT2D eigenvalue weighted by molar-refractivity contribution is 7.47. The maximum Gasteiger partial charge on any atom is 0.472 e. The molecule has 5 atom stereocenters. The second-order valence-corrected chi connectivity index (χ2v) is 30.4. The lowest BCUT2D eigenvalue weighted by molar-refractivity contribution is -0.161. The van der Waals surface area contributed by atoms with Gasteiger partial charge in [0, 0.05) is 25.7 Å². The van der Waals surface area contributed by atoms with Crippen LogP contribution in [0.2, 0.25) is 0 Å². The third kappa shape index (κ3) is 70.0. The minimum Gasteiger partial charge on any atom is -0.462 e. The van der Waals surface area contributed by atoms with E-state index in [1.54, 1.807) is 0 Å². The molecule has 566 valence electrons. The summed E-state index contributed by atoms with van der Waals surface area (Å²) in [5.74, 6) is -1.35. The van der Waals surface area contributed by atoms with Crippen molar-refractivity contribution in [2.75, 3.05) is 39.6 Å². The van der Waals surface area contributed by atoms with E-state index in [0.717, 1.165) is 115 Å². The van der Waals surface area contributed by atoms with Crippen molar-refractivity contribution in [1.29, 1.82) is 0 Å².